The Hall–Kier alpha value is -3.54. The molecule has 3 aromatic rings. The fourth-order valence-corrected chi connectivity index (χ4v) is 3.20. The van der Waals surface area contributed by atoms with Crippen LogP contribution >= 0.6 is 0 Å². The van der Waals surface area contributed by atoms with Gasteiger partial charge in [0.05, 0.1) is 13.2 Å². The summed E-state index contributed by atoms with van der Waals surface area (Å²) in [7, 11) is 1.62. The number of aromatic nitrogens is 1. The first kappa shape index (κ1) is 22.2. The van der Waals surface area contributed by atoms with Crippen LogP contribution in [-0.4, -0.2) is 18.1 Å². The van der Waals surface area contributed by atoms with Crippen molar-refractivity contribution in [3.8, 4) is 17.4 Å². The molecule has 162 valence electrons. The maximum Gasteiger partial charge on any atom is 0.319 e. The maximum atomic E-state index is 12.6. The summed E-state index contributed by atoms with van der Waals surface area (Å²) in [5, 5.41) is 5.78. The zero-order chi connectivity index (χ0) is 22.4. The van der Waals surface area contributed by atoms with E-state index in [2.05, 4.69) is 36.4 Å². The molecule has 0 unspecified atom stereocenters. The van der Waals surface area contributed by atoms with Crippen LogP contribution in [0.15, 0.2) is 66.9 Å². The summed E-state index contributed by atoms with van der Waals surface area (Å²) in [4.78, 5) is 17.0. The number of rotatable bonds is 6. The van der Waals surface area contributed by atoms with Crippen LogP contribution in [0, 0.1) is 0 Å². The predicted molar refractivity (Wildman–Crippen MR) is 123 cm³/mol. The molecule has 0 aliphatic heterocycles. The first-order chi connectivity index (χ1) is 14.8. The highest BCUT2D eigenvalue weighted by molar-refractivity contribution is 5.90. The summed E-state index contributed by atoms with van der Waals surface area (Å²) < 4.78 is 11.4. The molecule has 6 nitrogen and oxygen atoms in total. The van der Waals surface area contributed by atoms with Crippen molar-refractivity contribution in [1.29, 1.82) is 0 Å². The van der Waals surface area contributed by atoms with Gasteiger partial charge in [0.15, 0.2) is 0 Å². The summed E-state index contributed by atoms with van der Waals surface area (Å²) in [6.45, 7) is 8.29. The molecule has 2 amide bonds. The van der Waals surface area contributed by atoms with Gasteiger partial charge in [-0.05, 0) is 48.2 Å². The van der Waals surface area contributed by atoms with Crippen LogP contribution in [0.1, 0.15) is 44.9 Å². The third-order valence-electron chi connectivity index (χ3n) is 4.86. The number of methoxy groups -OCH3 is 1. The molecule has 1 aromatic heterocycles. The van der Waals surface area contributed by atoms with Crippen LogP contribution in [0.4, 0.5) is 10.5 Å². The Kier molecular flexibility index (Phi) is 6.80. The molecule has 0 aliphatic carbocycles. The average Bonchev–Trinajstić information content (AvgIpc) is 2.74. The molecule has 0 fully saturated rings. The second kappa shape index (κ2) is 9.51. The summed E-state index contributed by atoms with van der Waals surface area (Å²) in [6.07, 6.45) is 1.64. The lowest BCUT2D eigenvalue weighted by Gasteiger charge is -2.23. The first-order valence-electron chi connectivity index (χ1n) is 10.2. The van der Waals surface area contributed by atoms with Crippen molar-refractivity contribution < 1.29 is 14.3 Å². The van der Waals surface area contributed by atoms with E-state index in [0.717, 1.165) is 16.9 Å². The number of hydrogen-bond donors (Lipinski definition) is 2. The normalized spacial score (nSPS) is 12.0. The van der Waals surface area contributed by atoms with Gasteiger partial charge < -0.3 is 20.1 Å². The molecule has 0 saturated carbocycles. The van der Waals surface area contributed by atoms with Gasteiger partial charge in [-0.2, -0.15) is 0 Å². The van der Waals surface area contributed by atoms with Crippen molar-refractivity contribution in [1.82, 2.24) is 10.3 Å². The van der Waals surface area contributed by atoms with Gasteiger partial charge in [-0.1, -0.05) is 51.1 Å². The van der Waals surface area contributed by atoms with Crippen molar-refractivity contribution in [3.05, 3.63) is 78.0 Å². The standard InChI is InChI=1S/C25H29N3O3/c1-17(18-10-8-11-19(16-18)30-5)27-24(29)28-21-13-9-15-26-23(21)31-22-14-7-6-12-20(22)25(2,3)4/h6-17H,1-5H3,(H2,27,28,29)/t17-/m0/s1. The lowest BCUT2D eigenvalue weighted by atomic mass is 9.86. The Balaban J connectivity index is 1.75. The Labute approximate surface area is 183 Å². The molecule has 2 N–H and O–H groups in total. The van der Waals surface area contributed by atoms with Crippen LogP contribution in [0.25, 0.3) is 0 Å². The summed E-state index contributed by atoms with van der Waals surface area (Å²) >= 11 is 0. The van der Waals surface area contributed by atoms with Gasteiger partial charge in [0.1, 0.15) is 17.2 Å². The number of ether oxygens (including phenoxy) is 2. The Morgan fingerprint density at radius 2 is 1.81 bits per heavy atom. The highest BCUT2D eigenvalue weighted by Crippen LogP contribution is 2.35. The van der Waals surface area contributed by atoms with E-state index in [9.17, 15) is 4.79 Å². The molecule has 0 radical (unpaired) electrons. The molecule has 6 heteroatoms. The minimum Gasteiger partial charge on any atom is -0.497 e. The summed E-state index contributed by atoms with van der Waals surface area (Å²) in [5.74, 6) is 1.79. The van der Waals surface area contributed by atoms with Gasteiger partial charge in [-0.25, -0.2) is 9.78 Å². The number of pyridine rings is 1. The van der Waals surface area contributed by atoms with E-state index in [1.54, 1.807) is 25.4 Å². The number of nitrogens with one attached hydrogen (secondary N) is 2. The average molecular weight is 420 g/mol. The van der Waals surface area contributed by atoms with E-state index in [1.165, 1.54) is 0 Å². The zero-order valence-corrected chi connectivity index (χ0v) is 18.6. The zero-order valence-electron chi connectivity index (χ0n) is 18.6. The van der Waals surface area contributed by atoms with Crippen LogP contribution in [0.5, 0.6) is 17.4 Å². The molecule has 0 spiro atoms. The molecular formula is C25H29N3O3. The Bertz CT molecular complexity index is 1040. The van der Waals surface area contributed by atoms with Gasteiger partial charge in [-0.15, -0.1) is 0 Å². The van der Waals surface area contributed by atoms with E-state index in [-0.39, 0.29) is 17.5 Å². The molecule has 1 atom stereocenters. The second-order valence-corrected chi connectivity index (χ2v) is 8.30. The van der Waals surface area contributed by atoms with Gasteiger partial charge in [0.2, 0.25) is 5.88 Å². The van der Waals surface area contributed by atoms with Gasteiger partial charge in [-0.3, -0.25) is 0 Å². The molecule has 3 rings (SSSR count). The number of carbonyl (C=O) groups is 1. The second-order valence-electron chi connectivity index (χ2n) is 8.30. The SMILES string of the molecule is COc1cccc([C@H](C)NC(=O)Nc2cccnc2Oc2ccccc2C(C)(C)C)c1. The Morgan fingerprint density at radius 3 is 2.55 bits per heavy atom. The van der Waals surface area contributed by atoms with E-state index in [4.69, 9.17) is 9.47 Å². The molecule has 0 bridgehead atoms. The third kappa shape index (κ3) is 5.75. The van der Waals surface area contributed by atoms with Crippen molar-refractivity contribution in [2.45, 2.75) is 39.2 Å². The summed E-state index contributed by atoms with van der Waals surface area (Å²) in [5.41, 5.74) is 2.39. The van der Waals surface area contributed by atoms with E-state index >= 15 is 0 Å². The number of carbonyl (C=O) groups excluding carboxylic acids is 1. The highest BCUT2D eigenvalue weighted by atomic mass is 16.5. The molecule has 31 heavy (non-hydrogen) atoms. The van der Waals surface area contributed by atoms with E-state index < -0.39 is 0 Å². The maximum absolute atomic E-state index is 12.6. The minimum absolute atomic E-state index is 0.0947. The molecule has 0 saturated heterocycles. The third-order valence-corrected chi connectivity index (χ3v) is 4.86. The number of para-hydroxylation sites is 1. The fourth-order valence-electron chi connectivity index (χ4n) is 3.20. The van der Waals surface area contributed by atoms with E-state index in [1.807, 2.05) is 55.5 Å². The largest absolute Gasteiger partial charge is 0.497 e. The molecule has 0 aliphatic rings. The first-order valence-corrected chi connectivity index (χ1v) is 10.2. The number of nitrogens with zero attached hydrogens (tertiary/aromatic N) is 1. The van der Waals surface area contributed by atoms with Crippen LogP contribution in [0.3, 0.4) is 0 Å². The minimum atomic E-state index is -0.350. The number of amides is 2. The number of benzene rings is 2. The van der Waals surface area contributed by atoms with E-state index in [0.29, 0.717) is 17.3 Å². The van der Waals surface area contributed by atoms with Crippen molar-refractivity contribution in [2.24, 2.45) is 0 Å². The molecule has 1 heterocycles. The lowest BCUT2D eigenvalue weighted by Crippen LogP contribution is -2.31. The summed E-state index contributed by atoms with van der Waals surface area (Å²) in [6, 6.07) is 18.4. The molecule has 2 aromatic carbocycles. The fraction of sp³-hybridized carbons (Fsp3) is 0.280. The smallest absolute Gasteiger partial charge is 0.319 e. The van der Waals surface area contributed by atoms with Crippen LogP contribution < -0.4 is 20.1 Å². The highest BCUT2D eigenvalue weighted by Gasteiger charge is 2.20. The molecular weight excluding hydrogens is 390 g/mol. The van der Waals surface area contributed by atoms with Gasteiger partial charge in [0.25, 0.3) is 0 Å². The van der Waals surface area contributed by atoms with Crippen LogP contribution in [0.2, 0.25) is 0 Å². The predicted octanol–water partition coefficient (Wildman–Crippen LogP) is 6.06. The Morgan fingerprint density at radius 1 is 1.03 bits per heavy atom. The number of hydrogen-bond acceptors (Lipinski definition) is 4. The monoisotopic (exact) mass is 419 g/mol. The van der Waals surface area contributed by atoms with Crippen molar-refractivity contribution in [2.75, 3.05) is 12.4 Å². The van der Waals surface area contributed by atoms with Crippen molar-refractivity contribution in [3.63, 3.8) is 0 Å². The van der Waals surface area contributed by atoms with Crippen LogP contribution in [-0.2, 0) is 5.41 Å². The topological polar surface area (TPSA) is 72.5 Å². The quantitative estimate of drug-likeness (QED) is 0.509. The van der Waals surface area contributed by atoms with Crippen molar-refractivity contribution >= 4 is 11.7 Å². The number of anilines is 1. The number of urea groups is 1. The van der Waals surface area contributed by atoms with Gasteiger partial charge in [0, 0.05) is 11.8 Å². The lowest BCUT2D eigenvalue weighted by molar-refractivity contribution is 0.249. The van der Waals surface area contributed by atoms with Gasteiger partial charge >= 0.3 is 6.03 Å².